The van der Waals surface area contributed by atoms with Crippen LogP contribution in [0.2, 0.25) is 0 Å². The third-order valence-electron chi connectivity index (χ3n) is 4.72. The van der Waals surface area contributed by atoms with Gasteiger partial charge in [-0.05, 0) is 38.4 Å². The summed E-state index contributed by atoms with van der Waals surface area (Å²) in [4.78, 5) is 11.8. The first-order valence-electron chi connectivity index (χ1n) is 13.4. The Morgan fingerprint density at radius 1 is 1.37 bits per heavy atom. The van der Waals surface area contributed by atoms with Crippen LogP contribution in [0.25, 0.3) is 16.1 Å². The summed E-state index contributed by atoms with van der Waals surface area (Å²) < 4.78 is 71.8. The van der Waals surface area contributed by atoms with Gasteiger partial charge in [-0.25, -0.2) is 16.5 Å². The van der Waals surface area contributed by atoms with Crippen LogP contribution in [0.3, 0.4) is 0 Å². The maximum atomic E-state index is 8.59. The van der Waals surface area contributed by atoms with E-state index in [2.05, 4.69) is 19.9 Å². The summed E-state index contributed by atoms with van der Waals surface area (Å²) in [5.74, 6) is -3.87. The minimum Gasteiger partial charge on any atom is -0.383 e. The zero-order chi connectivity index (χ0) is 27.8. The summed E-state index contributed by atoms with van der Waals surface area (Å²) in [5.41, 5.74) is 7.57. The quantitative estimate of drug-likeness (QED) is 0.466. The lowest BCUT2D eigenvalue weighted by molar-refractivity contribution is -0.134. The first-order chi connectivity index (χ1) is 17.2. The van der Waals surface area contributed by atoms with Crippen LogP contribution >= 0.6 is 0 Å². The van der Waals surface area contributed by atoms with Crippen molar-refractivity contribution in [3.63, 3.8) is 0 Å². The van der Waals surface area contributed by atoms with E-state index in [4.69, 9.17) is 31.4 Å². The molecular weight excluding hydrogens is 380 g/mol. The molecule has 3 rings (SSSR count). The second kappa shape index (κ2) is 10.5. The summed E-state index contributed by atoms with van der Waals surface area (Å²) in [5, 5.41) is 4.30. The van der Waals surface area contributed by atoms with Gasteiger partial charge in [0.05, 0.1) is 11.9 Å². The van der Waals surface area contributed by atoms with E-state index < -0.39 is 43.3 Å². The molecule has 3 atom stereocenters. The van der Waals surface area contributed by atoms with Crippen molar-refractivity contribution in [1.29, 1.82) is 0 Å². The Kier molecular flexibility index (Phi) is 5.08. The van der Waals surface area contributed by atoms with E-state index in [0.717, 1.165) is 6.92 Å². The Labute approximate surface area is 188 Å². The molecule has 2 unspecified atom stereocenters. The molecule has 8 nitrogen and oxygen atoms in total. The fraction of sp³-hybridized carbons (Fsp3) is 0.636. The van der Waals surface area contributed by atoms with Gasteiger partial charge in [-0.3, -0.25) is 4.68 Å². The van der Waals surface area contributed by atoms with Crippen molar-refractivity contribution in [2.24, 2.45) is 11.8 Å². The summed E-state index contributed by atoms with van der Waals surface area (Å²) in [6, 6.07) is -1.19. The smallest absolute Gasteiger partial charge is 0.237 e. The Bertz CT molecular complexity index is 1120. The van der Waals surface area contributed by atoms with Crippen LogP contribution in [0.15, 0.2) is 18.7 Å². The van der Waals surface area contributed by atoms with Gasteiger partial charge in [-0.2, -0.15) is 5.10 Å². The molecule has 1 fully saturated rings. The molecule has 1 aliphatic carbocycles. The van der Waals surface area contributed by atoms with E-state index in [0.29, 0.717) is 30.0 Å². The monoisotopic (exact) mass is 419 g/mol. The van der Waals surface area contributed by atoms with E-state index in [1.165, 1.54) is 23.4 Å². The molecule has 2 aromatic rings. The molecule has 1 aliphatic rings. The number of aromatic nitrogens is 4. The number of ether oxygens (including phenoxy) is 2. The van der Waals surface area contributed by atoms with E-state index in [1.807, 2.05) is 13.8 Å². The molecule has 2 aromatic heterocycles. The zero-order valence-electron chi connectivity index (χ0n) is 24.4. The standard InChI is InChI=1S/C22H32N6O2/c1-5-29-20(30-6-2)10-18-21(25-14-26-22(18)23)17-11-27-28(13-17)19(12-24-4)16-8-7-15(3)9-16/h11,13-16,19-20H,5-10,12H2,1-3H3,(H2,23,25,26)/t15?,16?,19-/m1/s1/i7D2,8D2,9D2,15D. The van der Waals surface area contributed by atoms with E-state index in [9.17, 15) is 0 Å². The van der Waals surface area contributed by atoms with Crippen LogP contribution in [0.4, 0.5) is 5.82 Å². The Balaban J connectivity index is 2.07. The number of hydrogen-bond acceptors (Lipinski definition) is 6. The molecule has 8 heteroatoms. The molecule has 0 spiro atoms. The van der Waals surface area contributed by atoms with Gasteiger partial charge in [0.25, 0.3) is 0 Å². The van der Waals surface area contributed by atoms with Crippen LogP contribution < -0.4 is 5.73 Å². The number of rotatable bonds is 10. The number of hydrogen-bond donors (Lipinski definition) is 1. The Morgan fingerprint density at radius 2 is 2.13 bits per heavy atom. The molecule has 0 saturated heterocycles. The number of anilines is 1. The predicted octanol–water partition coefficient (Wildman–Crippen LogP) is 3.76. The van der Waals surface area contributed by atoms with Gasteiger partial charge in [0.1, 0.15) is 18.2 Å². The Morgan fingerprint density at radius 3 is 2.77 bits per heavy atom. The van der Waals surface area contributed by atoms with E-state index in [-0.39, 0.29) is 18.8 Å². The van der Waals surface area contributed by atoms with Crippen LogP contribution in [-0.2, 0) is 15.9 Å². The lowest BCUT2D eigenvalue weighted by Crippen LogP contribution is -2.22. The minimum atomic E-state index is -2.83. The molecule has 2 heterocycles. The molecule has 2 N–H and O–H groups in total. The molecular formula is C22H32N6O2. The van der Waals surface area contributed by atoms with Crippen molar-refractivity contribution in [2.45, 2.75) is 58.6 Å². The highest BCUT2D eigenvalue weighted by molar-refractivity contribution is 5.66. The molecule has 30 heavy (non-hydrogen) atoms. The van der Waals surface area contributed by atoms with Gasteiger partial charge < -0.3 is 20.1 Å². The SMILES string of the molecule is [2H]C1([2H])C([C@@H](C[N+]#[C-])n2cc(-c3ncnc(N)c3CC(OCC)OCC)cn2)C([2H])([2H])C([2H])(C)C1([2H])[2H]. The number of nitrogen functional groups attached to an aromatic ring is 1. The summed E-state index contributed by atoms with van der Waals surface area (Å²) in [7, 11) is 0. The normalized spacial score (nSPS) is 30.8. The van der Waals surface area contributed by atoms with E-state index >= 15 is 0 Å². The lowest BCUT2D eigenvalue weighted by Gasteiger charge is -2.20. The summed E-state index contributed by atoms with van der Waals surface area (Å²) in [6.45, 7) is 12.6. The van der Waals surface area contributed by atoms with Crippen molar-refractivity contribution in [3.8, 4) is 11.3 Å². The van der Waals surface area contributed by atoms with Gasteiger partial charge in [-0.15, -0.1) is 0 Å². The first-order valence-corrected chi connectivity index (χ1v) is 9.89. The molecule has 0 aromatic carbocycles. The maximum Gasteiger partial charge on any atom is 0.237 e. The fourth-order valence-electron chi connectivity index (χ4n) is 3.34. The number of nitrogens with zero attached hydrogens (tertiary/aromatic N) is 5. The van der Waals surface area contributed by atoms with Gasteiger partial charge in [0.2, 0.25) is 6.54 Å². The third kappa shape index (κ3) is 5.15. The molecule has 0 bridgehead atoms. The topological polar surface area (TPSA) is 92.4 Å². The average molecular weight is 420 g/mol. The molecule has 0 radical (unpaired) electrons. The molecule has 162 valence electrons. The summed E-state index contributed by atoms with van der Waals surface area (Å²) in [6.07, 6.45) is -4.34. The first kappa shape index (κ1) is 14.5. The van der Waals surface area contributed by atoms with Crippen molar-refractivity contribution >= 4 is 5.82 Å². The van der Waals surface area contributed by atoms with Crippen LogP contribution in [0, 0.1) is 18.4 Å². The summed E-state index contributed by atoms with van der Waals surface area (Å²) >= 11 is 0. The van der Waals surface area contributed by atoms with Crippen LogP contribution in [-0.4, -0.2) is 45.8 Å². The highest BCUT2D eigenvalue weighted by atomic mass is 16.7. The predicted molar refractivity (Wildman–Crippen MR) is 115 cm³/mol. The second-order valence-corrected chi connectivity index (χ2v) is 6.76. The molecule has 1 saturated carbocycles. The largest absolute Gasteiger partial charge is 0.383 e. The van der Waals surface area contributed by atoms with Crippen molar-refractivity contribution in [3.05, 3.63) is 35.7 Å². The zero-order valence-corrected chi connectivity index (χ0v) is 17.4. The highest BCUT2D eigenvalue weighted by Gasteiger charge is 2.32. The van der Waals surface area contributed by atoms with E-state index in [1.54, 1.807) is 0 Å². The number of nitrogens with two attached hydrogens (primary N) is 1. The van der Waals surface area contributed by atoms with Crippen LogP contribution in [0.1, 0.15) is 61.1 Å². The lowest BCUT2D eigenvalue weighted by atomic mass is 9.97. The fourth-order valence-corrected chi connectivity index (χ4v) is 3.34. The highest BCUT2D eigenvalue weighted by Crippen LogP contribution is 2.38. The third-order valence-corrected chi connectivity index (χ3v) is 4.72. The second-order valence-electron chi connectivity index (χ2n) is 6.76. The Hall–Kier alpha value is -2.50. The van der Waals surface area contributed by atoms with Crippen LogP contribution in [0.5, 0.6) is 0 Å². The van der Waals surface area contributed by atoms with Crippen molar-refractivity contribution in [1.82, 2.24) is 19.7 Å². The maximum absolute atomic E-state index is 8.59. The minimum absolute atomic E-state index is 0.210. The van der Waals surface area contributed by atoms with Crippen molar-refractivity contribution < 1.29 is 19.1 Å². The average Bonchev–Trinajstić information content (AvgIpc) is 3.31. The van der Waals surface area contributed by atoms with Gasteiger partial charge in [0, 0.05) is 46.6 Å². The molecule has 0 amide bonds. The van der Waals surface area contributed by atoms with Gasteiger partial charge >= 0.3 is 0 Å². The van der Waals surface area contributed by atoms with Crippen molar-refractivity contribution in [2.75, 3.05) is 25.5 Å². The molecule has 0 aliphatic heterocycles. The van der Waals surface area contributed by atoms with Gasteiger partial charge in [-0.1, -0.05) is 13.3 Å². The van der Waals surface area contributed by atoms with Gasteiger partial charge in [0.15, 0.2) is 6.29 Å².